The summed E-state index contributed by atoms with van der Waals surface area (Å²) in [5.74, 6) is 2.69. The highest BCUT2D eigenvalue weighted by Gasteiger charge is 2.18. The molecule has 0 bridgehead atoms. The zero-order valence-electron chi connectivity index (χ0n) is 10.8. The number of aryl methyl sites for hydroxylation is 1. The third-order valence-electron chi connectivity index (χ3n) is 3.27. The van der Waals surface area contributed by atoms with E-state index in [-0.39, 0.29) is 0 Å². The first kappa shape index (κ1) is 13.5. The van der Waals surface area contributed by atoms with E-state index in [0.29, 0.717) is 5.91 Å². The highest BCUT2D eigenvalue weighted by atomic mass is 32.2. The molecule has 0 spiro atoms. The van der Waals surface area contributed by atoms with Crippen LogP contribution in [0.5, 0.6) is 0 Å². The molecule has 0 aromatic heterocycles. The van der Waals surface area contributed by atoms with Gasteiger partial charge in [-0.25, -0.2) is 0 Å². The second kappa shape index (κ2) is 7.47. The summed E-state index contributed by atoms with van der Waals surface area (Å²) >= 11 is 1.99. The minimum absolute atomic E-state index is 0.351. The maximum absolute atomic E-state index is 11.4. The van der Waals surface area contributed by atoms with E-state index in [4.69, 9.17) is 0 Å². The zero-order chi connectivity index (χ0) is 12.6. The maximum Gasteiger partial charge on any atom is 0.222 e. The lowest BCUT2D eigenvalue weighted by molar-refractivity contribution is -0.127. The Morgan fingerprint density at radius 3 is 2.72 bits per heavy atom. The summed E-state index contributed by atoms with van der Waals surface area (Å²) < 4.78 is 0. The summed E-state index contributed by atoms with van der Waals surface area (Å²) in [4.78, 5) is 13.4. The van der Waals surface area contributed by atoms with Gasteiger partial charge in [0.05, 0.1) is 0 Å². The fraction of sp³-hybridized carbons (Fsp3) is 0.533. The van der Waals surface area contributed by atoms with E-state index >= 15 is 0 Å². The Labute approximate surface area is 114 Å². The molecule has 1 fully saturated rings. The Hall–Kier alpha value is -0.960. The third-order valence-corrected chi connectivity index (χ3v) is 4.34. The molecule has 0 atom stereocenters. The van der Waals surface area contributed by atoms with Gasteiger partial charge in [-0.15, -0.1) is 0 Å². The first-order valence-corrected chi connectivity index (χ1v) is 7.91. The van der Waals surface area contributed by atoms with Crippen molar-refractivity contribution in [2.24, 2.45) is 0 Å². The Balaban J connectivity index is 1.50. The van der Waals surface area contributed by atoms with Gasteiger partial charge in [0.2, 0.25) is 5.91 Å². The maximum atomic E-state index is 11.4. The topological polar surface area (TPSA) is 20.3 Å². The Morgan fingerprint density at radius 2 is 2.00 bits per heavy atom. The molecule has 1 heterocycles. The monoisotopic (exact) mass is 263 g/mol. The van der Waals surface area contributed by atoms with Crippen molar-refractivity contribution in [3.63, 3.8) is 0 Å². The minimum Gasteiger partial charge on any atom is -0.343 e. The number of carbonyl (C=O) groups is 1. The number of benzene rings is 1. The van der Waals surface area contributed by atoms with Crippen molar-refractivity contribution in [3.05, 3.63) is 35.9 Å². The van der Waals surface area contributed by atoms with Gasteiger partial charge >= 0.3 is 0 Å². The molecule has 0 radical (unpaired) electrons. The fourth-order valence-electron chi connectivity index (χ4n) is 2.23. The number of hydrogen-bond acceptors (Lipinski definition) is 2. The molecule has 18 heavy (non-hydrogen) atoms. The molecule has 1 amide bonds. The van der Waals surface area contributed by atoms with Gasteiger partial charge in [0.15, 0.2) is 0 Å². The lowest BCUT2D eigenvalue weighted by atomic mass is 10.2. The molecule has 0 unspecified atom stereocenters. The van der Waals surface area contributed by atoms with Crippen molar-refractivity contribution in [1.29, 1.82) is 0 Å². The van der Waals surface area contributed by atoms with Gasteiger partial charge in [0.25, 0.3) is 0 Å². The van der Waals surface area contributed by atoms with Gasteiger partial charge in [0, 0.05) is 19.5 Å². The molecule has 1 saturated heterocycles. The molecule has 1 aromatic rings. The average Bonchev–Trinajstić information content (AvgIpc) is 2.81. The molecule has 2 rings (SSSR count). The smallest absolute Gasteiger partial charge is 0.222 e. The van der Waals surface area contributed by atoms with Crippen LogP contribution < -0.4 is 0 Å². The first-order valence-electron chi connectivity index (χ1n) is 6.76. The molecule has 1 aliphatic rings. The summed E-state index contributed by atoms with van der Waals surface area (Å²) in [6.45, 7) is 1.94. The number of hydrogen-bond donors (Lipinski definition) is 0. The average molecular weight is 263 g/mol. The van der Waals surface area contributed by atoms with Gasteiger partial charge < -0.3 is 4.90 Å². The molecule has 1 aliphatic heterocycles. The number of amides is 1. The van der Waals surface area contributed by atoms with Crippen molar-refractivity contribution >= 4 is 17.7 Å². The van der Waals surface area contributed by atoms with Crippen LogP contribution in [0.25, 0.3) is 0 Å². The molecule has 3 heteroatoms. The molecule has 1 aromatic carbocycles. The molecular formula is C15H21NOS. The summed E-state index contributed by atoms with van der Waals surface area (Å²) in [6.07, 6.45) is 4.10. The van der Waals surface area contributed by atoms with Crippen LogP contribution in [0.2, 0.25) is 0 Å². The molecule has 2 nitrogen and oxygen atoms in total. The van der Waals surface area contributed by atoms with Crippen molar-refractivity contribution < 1.29 is 4.79 Å². The minimum atomic E-state index is 0.351. The van der Waals surface area contributed by atoms with Gasteiger partial charge in [-0.05, 0) is 36.3 Å². The van der Waals surface area contributed by atoms with Crippen LogP contribution in [0.4, 0.5) is 0 Å². The van der Waals surface area contributed by atoms with Crippen LogP contribution in [-0.4, -0.2) is 35.4 Å². The first-order chi connectivity index (χ1) is 8.86. The molecule has 98 valence electrons. The normalized spacial score (nSPS) is 15.3. The number of nitrogens with zero attached hydrogens (tertiary/aromatic N) is 1. The van der Waals surface area contributed by atoms with Crippen LogP contribution in [0.3, 0.4) is 0 Å². The summed E-state index contributed by atoms with van der Waals surface area (Å²) in [6, 6.07) is 10.6. The predicted octanol–water partition coefficient (Wildman–Crippen LogP) is 2.97. The molecular weight excluding hydrogens is 242 g/mol. The van der Waals surface area contributed by atoms with Crippen LogP contribution in [-0.2, 0) is 11.2 Å². The van der Waals surface area contributed by atoms with Crippen LogP contribution in [0.1, 0.15) is 24.8 Å². The van der Waals surface area contributed by atoms with E-state index in [0.717, 1.165) is 44.5 Å². The van der Waals surface area contributed by atoms with E-state index in [1.807, 2.05) is 16.7 Å². The second-order valence-corrected chi connectivity index (χ2v) is 5.91. The summed E-state index contributed by atoms with van der Waals surface area (Å²) in [5, 5.41) is 0. The number of thioether (sulfide) groups is 1. The number of likely N-dealkylation sites (tertiary alicyclic amines) is 1. The Kier molecular flexibility index (Phi) is 5.59. The molecule has 0 N–H and O–H groups in total. The van der Waals surface area contributed by atoms with Crippen molar-refractivity contribution in [2.75, 3.05) is 24.6 Å². The largest absolute Gasteiger partial charge is 0.343 e. The van der Waals surface area contributed by atoms with Crippen LogP contribution in [0, 0.1) is 0 Å². The zero-order valence-corrected chi connectivity index (χ0v) is 11.6. The van der Waals surface area contributed by atoms with E-state index in [2.05, 4.69) is 30.3 Å². The van der Waals surface area contributed by atoms with E-state index in [1.165, 1.54) is 11.3 Å². The van der Waals surface area contributed by atoms with Gasteiger partial charge in [-0.2, -0.15) is 11.8 Å². The highest BCUT2D eigenvalue weighted by Crippen LogP contribution is 2.12. The predicted molar refractivity (Wildman–Crippen MR) is 77.9 cm³/mol. The standard InChI is InChI=1S/C15H21NOS/c17-15-8-4-10-16(15)11-5-12-18-13-9-14-6-2-1-3-7-14/h1-3,6-7H,4-5,8-13H2. The Bertz CT molecular complexity index is 366. The Morgan fingerprint density at radius 1 is 1.17 bits per heavy atom. The van der Waals surface area contributed by atoms with Gasteiger partial charge in [-0.3, -0.25) is 4.79 Å². The highest BCUT2D eigenvalue weighted by molar-refractivity contribution is 7.99. The quantitative estimate of drug-likeness (QED) is 0.705. The SMILES string of the molecule is O=C1CCCN1CCCSCCc1ccccc1. The lowest BCUT2D eigenvalue weighted by Gasteiger charge is -2.14. The number of carbonyl (C=O) groups excluding carboxylic acids is 1. The fourth-order valence-corrected chi connectivity index (χ4v) is 3.15. The summed E-state index contributed by atoms with van der Waals surface area (Å²) in [7, 11) is 0. The number of rotatable bonds is 7. The van der Waals surface area contributed by atoms with Crippen LogP contribution in [0.15, 0.2) is 30.3 Å². The lowest BCUT2D eigenvalue weighted by Crippen LogP contribution is -2.25. The van der Waals surface area contributed by atoms with Gasteiger partial charge in [-0.1, -0.05) is 30.3 Å². The van der Waals surface area contributed by atoms with E-state index in [1.54, 1.807) is 0 Å². The third kappa shape index (κ3) is 4.37. The van der Waals surface area contributed by atoms with E-state index < -0.39 is 0 Å². The van der Waals surface area contributed by atoms with E-state index in [9.17, 15) is 4.79 Å². The van der Waals surface area contributed by atoms with Gasteiger partial charge in [0.1, 0.15) is 0 Å². The van der Waals surface area contributed by atoms with Crippen molar-refractivity contribution in [1.82, 2.24) is 4.90 Å². The van der Waals surface area contributed by atoms with Crippen molar-refractivity contribution in [3.8, 4) is 0 Å². The molecule has 0 saturated carbocycles. The second-order valence-electron chi connectivity index (χ2n) is 4.69. The molecule has 0 aliphatic carbocycles. The van der Waals surface area contributed by atoms with Crippen molar-refractivity contribution in [2.45, 2.75) is 25.7 Å². The summed E-state index contributed by atoms with van der Waals surface area (Å²) in [5.41, 5.74) is 1.42. The van der Waals surface area contributed by atoms with Crippen LogP contribution >= 0.6 is 11.8 Å².